The fourth-order valence-electron chi connectivity index (χ4n) is 3.65. The lowest BCUT2D eigenvalue weighted by molar-refractivity contribution is -0.00537. The van der Waals surface area contributed by atoms with Crippen molar-refractivity contribution in [1.82, 2.24) is 19.7 Å². The van der Waals surface area contributed by atoms with Gasteiger partial charge in [0.25, 0.3) is 0 Å². The average molecular weight is 337 g/mol. The first-order chi connectivity index (χ1) is 12.0. The molecule has 0 saturated carbocycles. The molecule has 1 fully saturated rings. The third kappa shape index (κ3) is 2.87. The molecule has 25 heavy (non-hydrogen) atoms. The summed E-state index contributed by atoms with van der Waals surface area (Å²) in [7, 11) is 0. The van der Waals surface area contributed by atoms with Crippen LogP contribution >= 0.6 is 0 Å². The van der Waals surface area contributed by atoms with Crippen LogP contribution in [-0.4, -0.2) is 45.0 Å². The van der Waals surface area contributed by atoms with E-state index in [-0.39, 0.29) is 12.2 Å². The first kappa shape index (κ1) is 16.0. The van der Waals surface area contributed by atoms with Crippen LogP contribution in [0.2, 0.25) is 0 Å². The van der Waals surface area contributed by atoms with Crippen molar-refractivity contribution in [3.63, 3.8) is 0 Å². The minimum atomic E-state index is 0.183. The SMILES string of the molecule is Cc1ccc(-n2ncc3c(N4CC(C)OC(C)C4)ncnc32)c(C)c1. The summed E-state index contributed by atoms with van der Waals surface area (Å²) < 4.78 is 7.75. The number of morpholine rings is 1. The van der Waals surface area contributed by atoms with E-state index in [0.29, 0.717) is 0 Å². The summed E-state index contributed by atoms with van der Waals surface area (Å²) in [6, 6.07) is 6.36. The summed E-state index contributed by atoms with van der Waals surface area (Å²) in [5.41, 5.74) is 4.31. The van der Waals surface area contributed by atoms with Gasteiger partial charge < -0.3 is 9.64 Å². The van der Waals surface area contributed by atoms with Crippen molar-refractivity contribution >= 4 is 16.9 Å². The maximum absolute atomic E-state index is 5.85. The van der Waals surface area contributed by atoms with Crippen molar-refractivity contribution in [2.45, 2.75) is 39.9 Å². The Labute approximate surface area is 147 Å². The smallest absolute Gasteiger partial charge is 0.168 e. The van der Waals surface area contributed by atoms with Gasteiger partial charge in [-0.25, -0.2) is 14.6 Å². The van der Waals surface area contributed by atoms with Crippen molar-refractivity contribution in [2.75, 3.05) is 18.0 Å². The number of rotatable bonds is 2. The number of hydrogen-bond acceptors (Lipinski definition) is 5. The number of ether oxygens (including phenoxy) is 1. The lowest BCUT2D eigenvalue weighted by atomic mass is 10.1. The normalized spacial score (nSPS) is 21.0. The molecular weight excluding hydrogens is 314 g/mol. The molecule has 2 unspecified atom stereocenters. The van der Waals surface area contributed by atoms with E-state index in [2.05, 4.69) is 65.9 Å². The summed E-state index contributed by atoms with van der Waals surface area (Å²) >= 11 is 0. The van der Waals surface area contributed by atoms with Gasteiger partial charge in [-0.15, -0.1) is 0 Å². The fraction of sp³-hybridized carbons (Fsp3) is 0.421. The summed E-state index contributed by atoms with van der Waals surface area (Å²) in [6.45, 7) is 10.0. The molecule has 0 spiro atoms. The first-order valence-electron chi connectivity index (χ1n) is 8.69. The predicted molar refractivity (Wildman–Crippen MR) is 98.4 cm³/mol. The number of fused-ring (bicyclic) bond motifs is 1. The molecule has 0 amide bonds. The molecule has 130 valence electrons. The highest BCUT2D eigenvalue weighted by Gasteiger charge is 2.25. The number of hydrogen-bond donors (Lipinski definition) is 0. The van der Waals surface area contributed by atoms with Gasteiger partial charge in [-0.2, -0.15) is 5.10 Å². The molecule has 1 aromatic carbocycles. The van der Waals surface area contributed by atoms with E-state index in [1.807, 2.05) is 10.9 Å². The van der Waals surface area contributed by atoms with Gasteiger partial charge in [0, 0.05) is 13.1 Å². The molecular formula is C19H23N5O. The van der Waals surface area contributed by atoms with Gasteiger partial charge in [-0.1, -0.05) is 17.7 Å². The van der Waals surface area contributed by atoms with Crippen LogP contribution in [0, 0.1) is 13.8 Å². The summed E-state index contributed by atoms with van der Waals surface area (Å²) in [5, 5.41) is 5.58. The van der Waals surface area contributed by atoms with E-state index in [1.165, 1.54) is 11.1 Å². The molecule has 3 heterocycles. The van der Waals surface area contributed by atoms with Crippen LogP contribution in [0.4, 0.5) is 5.82 Å². The average Bonchev–Trinajstić information content (AvgIpc) is 2.98. The van der Waals surface area contributed by atoms with Crippen molar-refractivity contribution in [2.24, 2.45) is 0 Å². The fourth-order valence-corrected chi connectivity index (χ4v) is 3.65. The molecule has 0 bridgehead atoms. The molecule has 1 saturated heterocycles. The Hall–Kier alpha value is -2.47. The Bertz CT molecular complexity index is 909. The van der Waals surface area contributed by atoms with Gasteiger partial charge in [0.2, 0.25) is 0 Å². The van der Waals surface area contributed by atoms with E-state index in [9.17, 15) is 0 Å². The van der Waals surface area contributed by atoms with Crippen LogP contribution < -0.4 is 4.90 Å². The Morgan fingerprint density at radius 3 is 2.56 bits per heavy atom. The number of anilines is 1. The molecule has 1 aliphatic rings. The van der Waals surface area contributed by atoms with Gasteiger partial charge >= 0.3 is 0 Å². The van der Waals surface area contributed by atoms with Crippen molar-refractivity contribution in [1.29, 1.82) is 0 Å². The lowest BCUT2D eigenvalue weighted by Gasteiger charge is -2.36. The second-order valence-electron chi connectivity index (χ2n) is 6.94. The maximum Gasteiger partial charge on any atom is 0.168 e. The molecule has 0 aliphatic carbocycles. The van der Waals surface area contributed by atoms with Crippen molar-refractivity contribution in [3.8, 4) is 5.69 Å². The van der Waals surface area contributed by atoms with Gasteiger partial charge in [0.15, 0.2) is 5.65 Å². The Balaban J connectivity index is 1.81. The third-order valence-corrected chi connectivity index (χ3v) is 4.64. The van der Waals surface area contributed by atoms with Gasteiger partial charge in [-0.3, -0.25) is 0 Å². The molecule has 4 rings (SSSR count). The third-order valence-electron chi connectivity index (χ3n) is 4.64. The first-order valence-corrected chi connectivity index (χ1v) is 8.69. The van der Waals surface area contributed by atoms with Crippen LogP contribution in [0.3, 0.4) is 0 Å². The zero-order valence-corrected chi connectivity index (χ0v) is 15.1. The van der Waals surface area contributed by atoms with Crippen LogP contribution in [-0.2, 0) is 4.74 Å². The molecule has 0 N–H and O–H groups in total. The monoisotopic (exact) mass is 337 g/mol. The van der Waals surface area contributed by atoms with E-state index >= 15 is 0 Å². The van der Waals surface area contributed by atoms with Crippen LogP contribution in [0.1, 0.15) is 25.0 Å². The van der Waals surface area contributed by atoms with E-state index < -0.39 is 0 Å². The molecule has 2 aromatic heterocycles. The highest BCUT2D eigenvalue weighted by Crippen LogP contribution is 2.28. The Morgan fingerprint density at radius 2 is 1.84 bits per heavy atom. The largest absolute Gasteiger partial charge is 0.372 e. The minimum absolute atomic E-state index is 0.183. The summed E-state index contributed by atoms with van der Waals surface area (Å²) in [4.78, 5) is 11.3. The number of aryl methyl sites for hydroxylation is 2. The quantitative estimate of drug-likeness (QED) is 0.719. The van der Waals surface area contributed by atoms with E-state index in [0.717, 1.165) is 35.6 Å². The summed E-state index contributed by atoms with van der Waals surface area (Å²) in [6.07, 6.45) is 3.87. The highest BCUT2D eigenvalue weighted by molar-refractivity contribution is 5.87. The van der Waals surface area contributed by atoms with Gasteiger partial charge in [0.1, 0.15) is 12.1 Å². The zero-order valence-electron chi connectivity index (χ0n) is 15.1. The Kier molecular flexibility index (Phi) is 3.92. The standard InChI is InChI=1S/C19H23N5O/c1-12-5-6-17(13(2)7-12)24-19-16(8-22-24)18(20-11-21-19)23-9-14(3)25-15(4)10-23/h5-8,11,14-15H,9-10H2,1-4H3. The van der Waals surface area contributed by atoms with Gasteiger partial charge in [-0.05, 0) is 39.3 Å². The number of aromatic nitrogens is 4. The van der Waals surface area contributed by atoms with Crippen molar-refractivity contribution in [3.05, 3.63) is 41.9 Å². The van der Waals surface area contributed by atoms with Crippen LogP contribution in [0.25, 0.3) is 16.7 Å². The van der Waals surface area contributed by atoms with Crippen LogP contribution in [0.5, 0.6) is 0 Å². The van der Waals surface area contributed by atoms with Crippen LogP contribution in [0.15, 0.2) is 30.7 Å². The second-order valence-corrected chi connectivity index (χ2v) is 6.94. The minimum Gasteiger partial charge on any atom is -0.372 e. The van der Waals surface area contributed by atoms with Gasteiger partial charge in [0.05, 0.1) is 29.5 Å². The lowest BCUT2D eigenvalue weighted by Crippen LogP contribution is -2.45. The maximum atomic E-state index is 5.85. The topological polar surface area (TPSA) is 56.1 Å². The number of nitrogens with zero attached hydrogens (tertiary/aromatic N) is 5. The molecule has 0 radical (unpaired) electrons. The molecule has 6 nitrogen and oxygen atoms in total. The van der Waals surface area contributed by atoms with E-state index in [4.69, 9.17) is 4.74 Å². The molecule has 3 aromatic rings. The molecule has 1 aliphatic heterocycles. The predicted octanol–water partition coefficient (Wildman–Crippen LogP) is 3.05. The molecule has 6 heteroatoms. The summed E-state index contributed by atoms with van der Waals surface area (Å²) in [5.74, 6) is 0.933. The van der Waals surface area contributed by atoms with E-state index in [1.54, 1.807) is 6.33 Å². The van der Waals surface area contributed by atoms with Crippen molar-refractivity contribution < 1.29 is 4.74 Å². The highest BCUT2D eigenvalue weighted by atomic mass is 16.5. The zero-order chi connectivity index (χ0) is 17.6. The molecule has 2 atom stereocenters. The number of benzene rings is 1. The Morgan fingerprint density at radius 1 is 1.08 bits per heavy atom. The second kappa shape index (κ2) is 6.11.